The Balaban J connectivity index is 1.68. The zero-order chi connectivity index (χ0) is 16.7. The summed E-state index contributed by atoms with van der Waals surface area (Å²) in [6, 6.07) is 7.71. The highest BCUT2D eigenvalue weighted by molar-refractivity contribution is 5.79. The Morgan fingerprint density at radius 3 is 3.00 bits per heavy atom. The van der Waals surface area contributed by atoms with Crippen LogP contribution in [-0.2, 0) is 18.4 Å². The minimum atomic E-state index is -0.196. The van der Waals surface area contributed by atoms with Gasteiger partial charge in [-0.15, -0.1) is 0 Å². The van der Waals surface area contributed by atoms with Crippen LogP contribution in [0.2, 0.25) is 0 Å². The van der Waals surface area contributed by atoms with E-state index in [0.717, 1.165) is 53.7 Å². The van der Waals surface area contributed by atoms with E-state index in [1.807, 2.05) is 31.2 Å². The first kappa shape index (κ1) is 15.1. The third-order valence-corrected chi connectivity index (χ3v) is 5.23. The maximum absolute atomic E-state index is 12.9. The molecule has 0 unspecified atom stereocenters. The van der Waals surface area contributed by atoms with E-state index < -0.39 is 0 Å². The van der Waals surface area contributed by atoms with Crippen LogP contribution in [0.3, 0.4) is 0 Å². The lowest BCUT2D eigenvalue weighted by Crippen LogP contribution is -2.45. The first-order valence-electron chi connectivity index (χ1n) is 8.47. The molecule has 1 atom stereocenters. The fourth-order valence-electron chi connectivity index (χ4n) is 3.82. The summed E-state index contributed by atoms with van der Waals surface area (Å²) in [5.74, 6) is 0. The van der Waals surface area contributed by atoms with Crippen molar-refractivity contribution in [1.82, 2.24) is 20.3 Å². The molecule has 0 aliphatic carbocycles. The van der Waals surface area contributed by atoms with Crippen molar-refractivity contribution in [1.29, 1.82) is 0 Å². The topological polar surface area (TPSA) is 73.6 Å². The molecule has 1 aromatic carbocycles. The molecule has 0 saturated heterocycles. The van der Waals surface area contributed by atoms with E-state index in [2.05, 4.69) is 27.2 Å². The zero-order valence-corrected chi connectivity index (χ0v) is 14.1. The summed E-state index contributed by atoms with van der Waals surface area (Å²) in [5.41, 5.74) is 4.98. The van der Waals surface area contributed by atoms with Gasteiger partial charge in [-0.3, -0.25) is 4.79 Å². The fraction of sp³-hybridized carbons (Fsp3) is 0.368. The van der Waals surface area contributed by atoms with Gasteiger partial charge in [0.05, 0.1) is 17.6 Å². The number of aromatic amines is 2. The highest BCUT2D eigenvalue weighted by Crippen LogP contribution is 2.30. The van der Waals surface area contributed by atoms with Gasteiger partial charge in [-0.25, -0.2) is 4.98 Å². The first-order valence-corrected chi connectivity index (χ1v) is 8.47. The van der Waals surface area contributed by atoms with E-state index in [1.165, 1.54) is 5.69 Å². The van der Waals surface area contributed by atoms with Crippen LogP contribution in [0.15, 0.2) is 35.4 Å². The minimum absolute atomic E-state index is 0.142. The van der Waals surface area contributed by atoms with Gasteiger partial charge in [0.2, 0.25) is 0 Å². The number of aryl methyl sites for hydroxylation is 1. The second kappa shape index (κ2) is 5.60. The summed E-state index contributed by atoms with van der Waals surface area (Å²) in [4.78, 5) is 24.0. The van der Waals surface area contributed by atoms with Gasteiger partial charge < -0.3 is 15.3 Å². The Bertz CT molecular complexity index is 955. The predicted molar refractivity (Wildman–Crippen MR) is 95.3 cm³/mol. The number of benzene rings is 1. The molecule has 3 aromatic rings. The van der Waals surface area contributed by atoms with Crippen LogP contribution >= 0.6 is 0 Å². The number of pyridine rings is 1. The summed E-state index contributed by atoms with van der Waals surface area (Å²) >= 11 is 0. The quantitative estimate of drug-likeness (QED) is 0.694. The Morgan fingerprint density at radius 1 is 1.29 bits per heavy atom. The number of imidazole rings is 1. The summed E-state index contributed by atoms with van der Waals surface area (Å²) in [5, 5.41) is 4.35. The molecule has 0 spiro atoms. The van der Waals surface area contributed by atoms with E-state index in [9.17, 15) is 4.79 Å². The van der Waals surface area contributed by atoms with E-state index >= 15 is 0 Å². The molecule has 4 rings (SSSR count). The van der Waals surface area contributed by atoms with Gasteiger partial charge in [0.15, 0.2) is 5.43 Å². The van der Waals surface area contributed by atoms with Crippen molar-refractivity contribution in [2.45, 2.75) is 38.6 Å². The van der Waals surface area contributed by atoms with Crippen molar-refractivity contribution in [2.24, 2.45) is 0 Å². The molecule has 124 valence electrons. The molecule has 24 heavy (non-hydrogen) atoms. The number of hydrogen-bond donors (Lipinski definition) is 3. The molecule has 3 heterocycles. The number of nitrogens with zero attached hydrogens (tertiary/aromatic N) is 1. The highest BCUT2D eigenvalue weighted by atomic mass is 16.1. The molecule has 1 aliphatic rings. The Labute approximate surface area is 140 Å². The maximum atomic E-state index is 12.9. The molecule has 3 N–H and O–H groups in total. The number of aromatic nitrogens is 3. The lowest BCUT2D eigenvalue weighted by Gasteiger charge is -2.34. The molecule has 0 amide bonds. The normalized spacial score (nSPS) is 20.2. The van der Waals surface area contributed by atoms with Crippen LogP contribution < -0.4 is 10.7 Å². The van der Waals surface area contributed by atoms with Gasteiger partial charge in [-0.05, 0) is 38.8 Å². The molecule has 0 fully saturated rings. The van der Waals surface area contributed by atoms with Crippen molar-refractivity contribution in [2.75, 3.05) is 6.54 Å². The molecule has 5 nitrogen and oxygen atoms in total. The fourth-order valence-corrected chi connectivity index (χ4v) is 3.82. The van der Waals surface area contributed by atoms with Gasteiger partial charge in [0.1, 0.15) is 0 Å². The average molecular weight is 322 g/mol. The van der Waals surface area contributed by atoms with Crippen molar-refractivity contribution in [3.8, 4) is 0 Å². The third kappa shape index (κ3) is 2.36. The predicted octanol–water partition coefficient (Wildman–Crippen LogP) is 2.55. The largest absolute Gasteiger partial charge is 0.358 e. The number of H-pyrrole nitrogens is 2. The summed E-state index contributed by atoms with van der Waals surface area (Å²) in [6.07, 6.45) is 4.30. The molecule has 0 saturated carbocycles. The number of fused-ring (bicyclic) bond motifs is 2. The number of para-hydroxylation sites is 1. The molecule has 5 heteroatoms. The van der Waals surface area contributed by atoms with Crippen molar-refractivity contribution >= 4 is 10.9 Å². The number of hydrogen-bond acceptors (Lipinski definition) is 3. The Kier molecular flexibility index (Phi) is 3.53. The highest BCUT2D eigenvalue weighted by Gasteiger charge is 2.34. The third-order valence-electron chi connectivity index (χ3n) is 5.23. The number of rotatable bonds is 3. The van der Waals surface area contributed by atoms with Gasteiger partial charge in [0, 0.05) is 40.8 Å². The van der Waals surface area contributed by atoms with Gasteiger partial charge in [-0.1, -0.05) is 12.1 Å². The van der Waals surface area contributed by atoms with Crippen LogP contribution in [0.1, 0.15) is 36.0 Å². The minimum Gasteiger partial charge on any atom is -0.358 e. The first-order chi connectivity index (χ1) is 11.6. The zero-order valence-electron chi connectivity index (χ0n) is 14.1. The lowest BCUT2D eigenvalue weighted by molar-refractivity contribution is 0.313. The van der Waals surface area contributed by atoms with E-state index in [0.29, 0.717) is 0 Å². The van der Waals surface area contributed by atoms with Gasteiger partial charge >= 0.3 is 0 Å². The number of nitrogens with one attached hydrogen (secondary N) is 3. The van der Waals surface area contributed by atoms with Crippen molar-refractivity contribution < 1.29 is 0 Å². The Morgan fingerprint density at radius 2 is 2.12 bits per heavy atom. The smallest absolute Gasteiger partial charge is 0.192 e. The Hall–Kier alpha value is -2.40. The van der Waals surface area contributed by atoms with E-state index in [1.54, 1.807) is 6.33 Å². The lowest BCUT2D eigenvalue weighted by atomic mass is 9.85. The van der Waals surface area contributed by atoms with Crippen LogP contribution in [0, 0.1) is 6.92 Å². The second-order valence-electron chi connectivity index (χ2n) is 6.84. The molecule has 0 bridgehead atoms. The molecule has 1 aliphatic heterocycles. The molecular weight excluding hydrogens is 300 g/mol. The second-order valence-corrected chi connectivity index (χ2v) is 6.84. The van der Waals surface area contributed by atoms with Gasteiger partial charge in [-0.2, -0.15) is 0 Å². The monoisotopic (exact) mass is 322 g/mol. The maximum Gasteiger partial charge on any atom is 0.192 e. The van der Waals surface area contributed by atoms with Gasteiger partial charge in [0.25, 0.3) is 0 Å². The molecule has 0 radical (unpaired) electrons. The van der Waals surface area contributed by atoms with Crippen LogP contribution in [-0.4, -0.2) is 21.5 Å². The summed E-state index contributed by atoms with van der Waals surface area (Å²) in [7, 11) is 0. The van der Waals surface area contributed by atoms with E-state index in [4.69, 9.17) is 0 Å². The van der Waals surface area contributed by atoms with Crippen LogP contribution in [0.25, 0.3) is 10.9 Å². The SMILES string of the molecule is Cc1[nH]c2ccccc2c(=O)c1CC[C@@]1(C)NCCc2[nH]cnc21. The van der Waals surface area contributed by atoms with E-state index in [-0.39, 0.29) is 11.0 Å². The molecular formula is C19H22N4O. The summed E-state index contributed by atoms with van der Waals surface area (Å²) < 4.78 is 0. The van der Waals surface area contributed by atoms with Crippen molar-refractivity contribution in [3.05, 3.63) is 63.5 Å². The average Bonchev–Trinajstić information content (AvgIpc) is 3.05. The van der Waals surface area contributed by atoms with Crippen LogP contribution in [0.5, 0.6) is 0 Å². The summed E-state index contributed by atoms with van der Waals surface area (Å²) in [6.45, 7) is 5.09. The van der Waals surface area contributed by atoms with Crippen LogP contribution in [0.4, 0.5) is 0 Å². The molecule has 2 aromatic heterocycles. The van der Waals surface area contributed by atoms with Crippen molar-refractivity contribution in [3.63, 3.8) is 0 Å². The standard InChI is InChI=1S/C19H22N4O/c1-12-13(17(24)14-5-3-4-6-15(14)23-12)7-9-19(2)18-16(8-10-22-19)20-11-21-18/h3-6,11,22H,7-10H2,1-2H3,(H,20,21)(H,23,24)/t19-/m1/s1.